The van der Waals surface area contributed by atoms with Gasteiger partial charge in [-0.1, -0.05) is 5.16 Å². The number of hydrogen-bond donors (Lipinski definition) is 2. The molecule has 1 heterocycles. The third-order valence-corrected chi connectivity index (χ3v) is 3.24. The van der Waals surface area contributed by atoms with E-state index in [4.69, 9.17) is 10.9 Å². The van der Waals surface area contributed by atoms with E-state index in [1.54, 1.807) is 0 Å². The fourth-order valence-electron chi connectivity index (χ4n) is 1.49. The van der Waals surface area contributed by atoms with Crippen molar-refractivity contribution in [1.82, 2.24) is 4.90 Å². The normalized spacial score (nSPS) is 23.0. The molecule has 0 aromatic carbocycles. The molecule has 1 saturated heterocycles. The van der Waals surface area contributed by atoms with Gasteiger partial charge in [-0.2, -0.15) is 11.8 Å². The van der Waals surface area contributed by atoms with Gasteiger partial charge >= 0.3 is 0 Å². The predicted molar refractivity (Wildman–Crippen MR) is 56.4 cm³/mol. The SMILES string of the molecule is CC(CC(N)=NO)N1CCSCC1. The van der Waals surface area contributed by atoms with E-state index in [-0.39, 0.29) is 0 Å². The summed E-state index contributed by atoms with van der Waals surface area (Å²) >= 11 is 1.99. The molecule has 5 heteroatoms. The van der Waals surface area contributed by atoms with Crippen molar-refractivity contribution < 1.29 is 5.21 Å². The van der Waals surface area contributed by atoms with Gasteiger partial charge in [0.1, 0.15) is 5.84 Å². The molecule has 0 saturated carbocycles. The molecule has 13 heavy (non-hydrogen) atoms. The van der Waals surface area contributed by atoms with Crippen LogP contribution in [-0.2, 0) is 0 Å². The minimum atomic E-state index is 0.325. The summed E-state index contributed by atoms with van der Waals surface area (Å²) in [7, 11) is 0. The number of hydrogen-bond acceptors (Lipinski definition) is 4. The van der Waals surface area contributed by atoms with E-state index >= 15 is 0 Å². The summed E-state index contributed by atoms with van der Waals surface area (Å²) in [6, 6.07) is 0.386. The molecular weight excluding hydrogens is 186 g/mol. The van der Waals surface area contributed by atoms with Gasteiger partial charge in [-0.25, -0.2) is 0 Å². The minimum Gasteiger partial charge on any atom is -0.409 e. The van der Waals surface area contributed by atoms with Gasteiger partial charge < -0.3 is 10.9 Å². The van der Waals surface area contributed by atoms with Crippen molar-refractivity contribution in [3.05, 3.63) is 0 Å². The van der Waals surface area contributed by atoms with E-state index in [2.05, 4.69) is 17.0 Å². The Kier molecular flexibility index (Phi) is 4.38. The standard InChI is InChI=1S/C8H17N3OS/c1-7(6-8(9)10-12)11-2-4-13-5-3-11/h7,12H,2-6H2,1H3,(H2,9,10). The maximum atomic E-state index is 8.42. The lowest BCUT2D eigenvalue weighted by Crippen LogP contribution is -2.41. The van der Waals surface area contributed by atoms with E-state index in [0.717, 1.165) is 13.1 Å². The third kappa shape index (κ3) is 3.44. The maximum absolute atomic E-state index is 8.42. The Labute approximate surface area is 83.2 Å². The molecule has 1 aliphatic rings. The Morgan fingerprint density at radius 3 is 2.77 bits per heavy atom. The van der Waals surface area contributed by atoms with Crippen LogP contribution in [0.5, 0.6) is 0 Å². The third-order valence-electron chi connectivity index (χ3n) is 2.30. The van der Waals surface area contributed by atoms with E-state index in [1.807, 2.05) is 11.8 Å². The van der Waals surface area contributed by atoms with Crippen molar-refractivity contribution in [3.8, 4) is 0 Å². The Hall–Kier alpha value is -0.420. The van der Waals surface area contributed by atoms with Crippen LogP contribution >= 0.6 is 11.8 Å². The molecule has 0 bridgehead atoms. The number of amidine groups is 1. The lowest BCUT2D eigenvalue weighted by atomic mass is 10.2. The Bertz CT molecular complexity index is 180. The lowest BCUT2D eigenvalue weighted by Gasteiger charge is -2.31. The molecule has 0 amide bonds. The first-order valence-electron chi connectivity index (χ1n) is 4.52. The van der Waals surface area contributed by atoms with Gasteiger partial charge in [0.25, 0.3) is 0 Å². The molecule has 1 fully saturated rings. The highest BCUT2D eigenvalue weighted by atomic mass is 32.2. The number of oxime groups is 1. The summed E-state index contributed by atoms with van der Waals surface area (Å²) in [5, 5.41) is 11.4. The number of rotatable bonds is 3. The molecule has 0 radical (unpaired) electrons. The van der Waals surface area contributed by atoms with Crippen LogP contribution in [0.2, 0.25) is 0 Å². The lowest BCUT2D eigenvalue weighted by molar-refractivity contribution is 0.233. The molecule has 0 aromatic heterocycles. The number of thioether (sulfide) groups is 1. The first-order chi connectivity index (χ1) is 6.24. The van der Waals surface area contributed by atoms with Crippen LogP contribution in [0.15, 0.2) is 5.16 Å². The second-order valence-corrected chi connectivity index (χ2v) is 4.52. The van der Waals surface area contributed by atoms with Crippen LogP contribution in [0.3, 0.4) is 0 Å². The number of nitrogens with zero attached hydrogens (tertiary/aromatic N) is 2. The predicted octanol–water partition coefficient (Wildman–Crippen LogP) is 0.560. The second-order valence-electron chi connectivity index (χ2n) is 3.29. The summed E-state index contributed by atoms with van der Waals surface area (Å²) in [6.07, 6.45) is 0.654. The molecule has 0 spiro atoms. The van der Waals surface area contributed by atoms with Crippen LogP contribution in [0.1, 0.15) is 13.3 Å². The molecule has 1 aliphatic heterocycles. The van der Waals surface area contributed by atoms with Crippen LogP contribution < -0.4 is 5.73 Å². The van der Waals surface area contributed by atoms with Gasteiger partial charge in [-0.3, -0.25) is 4.90 Å². The zero-order chi connectivity index (χ0) is 9.68. The first-order valence-corrected chi connectivity index (χ1v) is 5.67. The van der Waals surface area contributed by atoms with Crippen molar-refractivity contribution in [1.29, 1.82) is 0 Å². The molecule has 0 aliphatic carbocycles. The largest absolute Gasteiger partial charge is 0.409 e. The van der Waals surface area contributed by atoms with Gasteiger partial charge in [-0.05, 0) is 6.92 Å². The van der Waals surface area contributed by atoms with Crippen LogP contribution in [0, 0.1) is 0 Å². The van der Waals surface area contributed by atoms with Gasteiger partial charge in [0.15, 0.2) is 0 Å². The smallest absolute Gasteiger partial charge is 0.140 e. The Morgan fingerprint density at radius 2 is 2.23 bits per heavy atom. The highest BCUT2D eigenvalue weighted by molar-refractivity contribution is 7.99. The van der Waals surface area contributed by atoms with Crippen molar-refractivity contribution in [2.24, 2.45) is 10.9 Å². The van der Waals surface area contributed by atoms with Gasteiger partial charge in [0, 0.05) is 37.1 Å². The van der Waals surface area contributed by atoms with Gasteiger partial charge in [0.2, 0.25) is 0 Å². The van der Waals surface area contributed by atoms with Crippen molar-refractivity contribution in [2.75, 3.05) is 24.6 Å². The Morgan fingerprint density at radius 1 is 1.62 bits per heavy atom. The first kappa shape index (κ1) is 10.7. The quantitative estimate of drug-likeness (QED) is 0.304. The van der Waals surface area contributed by atoms with E-state index in [0.29, 0.717) is 18.3 Å². The van der Waals surface area contributed by atoms with Gasteiger partial charge in [-0.15, -0.1) is 0 Å². The van der Waals surface area contributed by atoms with Crippen LogP contribution in [-0.4, -0.2) is 46.6 Å². The monoisotopic (exact) mass is 203 g/mol. The van der Waals surface area contributed by atoms with Gasteiger partial charge in [0.05, 0.1) is 0 Å². The summed E-state index contributed by atoms with van der Waals surface area (Å²) in [5.74, 6) is 2.71. The summed E-state index contributed by atoms with van der Waals surface area (Å²) in [6.45, 7) is 4.35. The molecule has 3 N–H and O–H groups in total. The van der Waals surface area contributed by atoms with Crippen LogP contribution in [0.4, 0.5) is 0 Å². The summed E-state index contributed by atoms with van der Waals surface area (Å²) < 4.78 is 0. The fraction of sp³-hybridized carbons (Fsp3) is 0.875. The Balaban J connectivity index is 2.32. The molecule has 1 unspecified atom stereocenters. The summed E-state index contributed by atoms with van der Waals surface area (Å²) in [5.41, 5.74) is 5.45. The van der Waals surface area contributed by atoms with Crippen molar-refractivity contribution in [2.45, 2.75) is 19.4 Å². The molecule has 1 rings (SSSR count). The zero-order valence-corrected chi connectivity index (χ0v) is 8.76. The topological polar surface area (TPSA) is 61.9 Å². The molecule has 1 atom stereocenters. The molecule has 0 aromatic rings. The summed E-state index contributed by atoms with van der Waals surface area (Å²) in [4.78, 5) is 2.38. The minimum absolute atomic E-state index is 0.325. The van der Waals surface area contributed by atoms with E-state index in [9.17, 15) is 0 Å². The van der Waals surface area contributed by atoms with E-state index in [1.165, 1.54) is 11.5 Å². The molecule has 4 nitrogen and oxygen atoms in total. The molecule has 76 valence electrons. The fourth-order valence-corrected chi connectivity index (χ4v) is 2.42. The van der Waals surface area contributed by atoms with Crippen LogP contribution in [0.25, 0.3) is 0 Å². The van der Waals surface area contributed by atoms with Crippen molar-refractivity contribution in [3.63, 3.8) is 0 Å². The highest BCUT2D eigenvalue weighted by Crippen LogP contribution is 2.13. The zero-order valence-electron chi connectivity index (χ0n) is 7.94. The molecular formula is C8H17N3OS. The van der Waals surface area contributed by atoms with Crippen molar-refractivity contribution >= 4 is 17.6 Å². The second kappa shape index (κ2) is 5.34. The number of nitrogens with two attached hydrogens (primary N) is 1. The van der Waals surface area contributed by atoms with E-state index < -0.39 is 0 Å². The average molecular weight is 203 g/mol. The average Bonchev–Trinajstić information content (AvgIpc) is 2.19. The maximum Gasteiger partial charge on any atom is 0.140 e. The highest BCUT2D eigenvalue weighted by Gasteiger charge is 2.17.